The Kier molecular flexibility index (Phi) is 6.77. The highest BCUT2D eigenvalue weighted by Gasteiger charge is 2.21. The molecule has 2 heterocycles. The standard InChI is InChI=1S/C26H29N5O3/c1-18(2)14-29-17-27-24-23(29)25(33)31(26(34)30(24)15-20-10-6-4-7-11-20)16-22(32)28-19(3)21-12-8-5-9-13-21/h4-13,17-19H,14-16H2,1-3H3,(H,28,32). The Balaban J connectivity index is 1.75. The number of carbonyl (C=O) groups excluding carboxylic acids is 1. The minimum absolute atomic E-state index is 0.247. The predicted octanol–water partition coefficient (Wildman–Crippen LogP) is 2.94. The first-order valence-electron chi connectivity index (χ1n) is 11.4. The molecule has 34 heavy (non-hydrogen) atoms. The summed E-state index contributed by atoms with van der Waals surface area (Å²) in [4.78, 5) is 44.1. The Labute approximate surface area is 197 Å². The number of rotatable bonds is 8. The van der Waals surface area contributed by atoms with E-state index in [0.717, 1.165) is 15.7 Å². The molecule has 0 aliphatic heterocycles. The highest BCUT2D eigenvalue weighted by Crippen LogP contribution is 2.13. The van der Waals surface area contributed by atoms with Gasteiger partial charge in [0.05, 0.1) is 18.9 Å². The fourth-order valence-electron chi connectivity index (χ4n) is 4.07. The third-order valence-corrected chi connectivity index (χ3v) is 5.71. The van der Waals surface area contributed by atoms with E-state index in [-0.39, 0.29) is 25.0 Å². The molecule has 8 nitrogen and oxygen atoms in total. The molecule has 4 aromatic rings. The lowest BCUT2D eigenvalue weighted by atomic mass is 10.1. The van der Waals surface area contributed by atoms with Crippen LogP contribution in [0, 0.1) is 5.92 Å². The summed E-state index contributed by atoms with van der Waals surface area (Å²) in [5.41, 5.74) is 1.43. The first-order valence-corrected chi connectivity index (χ1v) is 11.4. The molecule has 0 spiro atoms. The van der Waals surface area contributed by atoms with Crippen LogP contribution in [0.5, 0.6) is 0 Å². The van der Waals surface area contributed by atoms with E-state index in [2.05, 4.69) is 10.3 Å². The van der Waals surface area contributed by atoms with Gasteiger partial charge < -0.3 is 9.88 Å². The molecular weight excluding hydrogens is 430 g/mol. The highest BCUT2D eigenvalue weighted by molar-refractivity contribution is 5.77. The first-order chi connectivity index (χ1) is 16.3. The number of hydrogen-bond donors (Lipinski definition) is 1. The summed E-state index contributed by atoms with van der Waals surface area (Å²) < 4.78 is 4.25. The van der Waals surface area contributed by atoms with Crippen molar-refractivity contribution < 1.29 is 4.79 Å². The second kappa shape index (κ2) is 9.91. The minimum atomic E-state index is -0.557. The first kappa shape index (κ1) is 23.2. The van der Waals surface area contributed by atoms with Crippen LogP contribution >= 0.6 is 0 Å². The maximum atomic E-state index is 13.4. The van der Waals surface area contributed by atoms with E-state index < -0.39 is 17.2 Å². The molecule has 0 saturated heterocycles. The topological polar surface area (TPSA) is 90.9 Å². The van der Waals surface area contributed by atoms with Crippen LogP contribution in [0.1, 0.15) is 37.9 Å². The summed E-state index contributed by atoms with van der Waals surface area (Å²) in [7, 11) is 0. The fourth-order valence-corrected chi connectivity index (χ4v) is 4.07. The van der Waals surface area contributed by atoms with E-state index in [9.17, 15) is 14.4 Å². The van der Waals surface area contributed by atoms with Gasteiger partial charge in [0.15, 0.2) is 11.2 Å². The zero-order chi connectivity index (χ0) is 24.2. The molecule has 0 bridgehead atoms. The van der Waals surface area contributed by atoms with E-state index >= 15 is 0 Å². The van der Waals surface area contributed by atoms with E-state index in [1.807, 2.05) is 81.4 Å². The molecule has 4 rings (SSSR count). The largest absolute Gasteiger partial charge is 0.348 e. The number of nitrogens with one attached hydrogen (secondary N) is 1. The molecule has 0 aliphatic carbocycles. The van der Waals surface area contributed by atoms with Gasteiger partial charge in [-0.2, -0.15) is 0 Å². The smallest absolute Gasteiger partial charge is 0.333 e. The van der Waals surface area contributed by atoms with Crippen LogP contribution in [-0.2, 0) is 24.4 Å². The van der Waals surface area contributed by atoms with Crippen molar-refractivity contribution in [3.05, 3.63) is 99.0 Å². The maximum absolute atomic E-state index is 13.4. The van der Waals surface area contributed by atoms with Gasteiger partial charge in [-0.05, 0) is 24.0 Å². The van der Waals surface area contributed by atoms with E-state index in [4.69, 9.17) is 0 Å². The van der Waals surface area contributed by atoms with Gasteiger partial charge in [0.1, 0.15) is 6.54 Å². The van der Waals surface area contributed by atoms with Crippen LogP contribution < -0.4 is 16.6 Å². The summed E-state index contributed by atoms with van der Waals surface area (Å²) in [6, 6.07) is 18.8. The number of amides is 1. The van der Waals surface area contributed by atoms with Gasteiger partial charge >= 0.3 is 5.69 Å². The number of benzene rings is 2. The maximum Gasteiger partial charge on any atom is 0.333 e. The zero-order valence-corrected chi connectivity index (χ0v) is 19.6. The molecule has 0 saturated carbocycles. The highest BCUT2D eigenvalue weighted by atomic mass is 16.2. The third kappa shape index (κ3) is 4.85. The minimum Gasteiger partial charge on any atom is -0.348 e. The molecule has 8 heteroatoms. The third-order valence-electron chi connectivity index (χ3n) is 5.71. The number of aromatic nitrogens is 4. The lowest BCUT2D eigenvalue weighted by molar-refractivity contribution is -0.122. The fraction of sp³-hybridized carbons (Fsp3) is 0.308. The lowest BCUT2D eigenvalue weighted by Crippen LogP contribution is -2.44. The van der Waals surface area contributed by atoms with Crippen molar-refractivity contribution >= 4 is 17.1 Å². The van der Waals surface area contributed by atoms with Gasteiger partial charge in [-0.15, -0.1) is 0 Å². The zero-order valence-electron chi connectivity index (χ0n) is 19.6. The van der Waals surface area contributed by atoms with Crippen LogP contribution in [0.25, 0.3) is 11.2 Å². The molecule has 2 aromatic carbocycles. The van der Waals surface area contributed by atoms with Gasteiger partial charge in [0.25, 0.3) is 5.56 Å². The molecule has 1 atom stereocenters. The van der Waals surface area contributed by atoms with Gasteiger partial charge in [-0.25, -0.2) is 14.3 Å². The number of hydrogen-bond acceptors (Lipinski definition) is 4. The Morgan fingerprint density at radius 2 is 1.59 bits per heavy atom. The Morgan fingerprint density at radius 1 is 0.941 bits per heavy atom. The quantitative estimate of drug-likeness (QED) is 0.439. The van der Waals surface area contributed by atoms with Crippen molar-refractivity contribution in [2.75, 3.05) is 0 Å². The van der Waals surface area contributed by atoms with Crippen molar-refractivity contribution in [1.29, 1.82) is 0 Å². The molecule has 2 aromatic heterocycles. The van der Waals surface area contributed by atoms with E-state index in [0.29, 0.717) is 17.7 Å². The molecule has 0 aliphatic rings. The van der Waals surface area contributed by atoms with E-state index in [1.54, 1.807) is 10.9 Å². The Bertz CT molecular complexity index is 1400. The van der Waals surface area contributed by atoms with Crippen LogP contribution in [0.2, 0.25) is 0 Å². The summed E-state index contributed by atoms with van der Waals surface area (Å²) in [5.74, 6) is -0.133. The molecule has 1 N–H and O–H groups in total. The van der Waals surface area contributed by atoms with Gasteiger partial charge in [-0.1, -0.05) is 74.5 Å². The lowest BCUT2D eigenvalue weighted by Gasteiger charge is -2.16. The number of nitrogens with zero attached hydrogens (tertiary/aromatic N) is 4. The summed E-state index contributed by atoms with van der Waals surface area (Å²) >= 11 is 0. The average Bonchev–Trinajstić information content (AvgIpc) is 3.23. The molecule has 0 radical (unpaired) electrons. The molecule has 0 fully saturated rings. The Hall–Kier alpha value is -3.94. The van der Waals surface area contributed by atoms with Crippen LogP contribution in [-0.4, -0.2) is 24.6 Å². The number of carbonyl (C=O) groups is 1. The van der Waals surface area contributed by atoms with Crippen LogP contribution in [0.3, 0.4) is 0 Å². The molecule has 1 unspecified atom stereocenters. The SMILES string of the molecule is CC(C)Cn1cnc2c1c(=O)n(CC(=O)NC(C)c1ccccc1)c(=O)n2Cc1ccccc1. The average molecular weight is 460 g/mol. The second-order valence-corrected chi connectivity index (χ2v) is 8.91. The summed E-state index contributed by atoms with van der Waals surface area (Å²) in [6.07, 6.45) is 1.59. The van der Waals surface area contributed by atoms with Crippen molar-refractivity contribution in [2.45, 2.75) is 46.4 Å². The van der Waals surface area contributed by atoms with Crippen LogP contribution in [0.15, 0.2) is 76.6 Å². The number of fused-ring (bicyclic) bond motifs is 1. The van der Waals surface area contributed by atoms with Crippen LogP contribution in [0.4, 0.5) is 0 Å². The van der Waals surface area contributed by atoms with Crippen molar-refractivity contribution in [2.24, 2.45) is 5.92 Å². The second-order valence-electron chi connectivity index (χ2n) is 8.91. The monoisotopic (exact) mass is 459 g/mol. The van der Waals surface area contributed by atoms with E-state index in [1.165, 1.54) is 4.57 Å². The van der Waals surface area contributed by atoms with Gasteiger partial charge in [0.2, 0.25) is 5.91 Å². The predicted molar refractivity (Wildman–Crippen MR) is 132 cm³/mol. The van der Waals surface area contributed by atoms with Crippen molar-refractivity contribution in [3.63, 3.8) is 0 Å². The van der Waals surface area contributed by atoms with Gasteiger partial charge in [-0.3, -0.25) is 14.2 Å². The number of imidazole rings is 1. The molecular formula is C26H29N5O3. The van der Waals surface area contributed by atoms with Gasteiger partial charge in [0, 0.05) is 6.54 Å². The van der Waals surface area contributed by atoms with Crippen molar-refractivity contribution in [3.8, 4) is 0 Å². The summed E-state index contributed by atoms with van der Waals surface area (Å²) in [5, 5.41) is 2.89. The summed E-state index contributed by atoms with van der Waals surface area (Å²) in [6.45, 7) is 6.41. The van der Waals surface area contributed by atoms with Crippen molar-refractivity contribution in [1.82, 2.24) is 24.0 Å². The Morgan fingerprint density at radius 3 is 2.24 bits per heavy atom. The molecule has 1 amide bonds. The normalized spacial score (nSPS) is 12.2. The molecule has 176 valence electrons.